The molecule has 0 saturated carbocycles. The van der Waals surface area contributed by atoms with E-state index >= 15 is 0 Å². The van der Waals surface area contributed by atoms with Gasteiger partial charge in [-0.3, -0.25) is 9.59 Å². The van der Waals surface area contributed by atoms with Crippen LogP contribution in [-0.4, -0.2) is 46.4 Å². The van der Waals surface area contributed by atoms with E-state index in [4.69, 9.17) is 9.47 Å². The summed E-state index contributed by atoms with van der Waals surface area (Å²) in [5.41, 5.74) is 3.46. The number of rotatable bonds is 9. The monoisotopic (exact) mass is 514 g/mol. The fraction of sp³-hybridized carbons (Fsp3) is 0.400. The molecular formula is C30H34N4O4. The molecule has 3 aromatic rings. The van der Waals surface area contributed by atoms with Crippen LogP contribution < -0.4 is 14.4 Å². The van der Waals surface area contributed by atoms with Crippen molar-refractivity contribution in [2.45, 2.75) is 64.6 Å². The Bertz CT molecular complexity index is 1320. The number of anilines is 1. The van der Waals surface area contributed by atoms with E-state index in [9.17, 15) is 9.59 Å². The molecule has 8 heteroatoms. The van der Waals surface area contributed by atoms with Gasteiger partial charge in [0.05, 0.1) is 13.7 Å². The zero-order valence-corrected chi connectivity index (χ0v) is 22.4. The molecule has 38 heavy (non-hydrogen) atoms. The minimum Gasteiger partial charge on any atom is -0.497 e. The second-order valence-electron chi connectivity index (χ2n) is 10.1. The predicted octanol–water partition coefficient (Wildman–Crippen LogP) is 4.71. The van der Waals surface area contributed by atoms with Gasteiger partial charge in [-0.25, -0.2) is 9.97 Å². The van der Waals surface area contributed by atoms with Crippen LogP contribution in [0.2, 0.25) is 0 Å². The lowest BCUT2D eigenvalue weighted by molar-refractivity contribution is -0.186. The summed E-state index contributed by atoms with van der Waals surface area (Å²) < 4.78 is 11.6. The first-order chi connectivity index (χ1) is 18.4. The van der Waals surface area contributed by atoms with Gasteiger partial charge in [-0.15, -0.1) is 0 Å². The molecule has 2 aliphatic heterocycles. The first-order valence-corrected chi connectivity index (χ1v) is 13.2. The van der Waals surface area contributed by atoms with Crippen LogP contribution in [0.3, 0.4) is 0 Å². The highest BCUT2D eigenvalue weighted by Gasteiger charge is 2.65. The first kappa shape index (κ1) is 25.7. The summed E-state index contributed by atoms with van der Waals surface area (Å²) in [5.74, 6) is 0.424. The van der Waals surface area contributed by atoms with Gasteiger partial charge in [0.15, 0.2) is 0 Å². The van der Waals surface area contributed by atoms with Crippen molar-refractivity contribution >= 4 is 17.5 Å². The fourth-order valence-corrected chi connectivity index (χ4v) is 5.69. The number of unbranched alkanes of at least 4 members (excludes halogenated alkanes) is 2. The van der Waals surface area contributed by atoms with Gasteiger partial charge in [0.1, 0.15) is 17.8 Å². The van der Waals surface area contributed by atoms with Crippen LogP contribution in [0.25, 0.3) is 0 Å². The highest BCUT2D eigenvalue weighted by molar-refractivity contribution is 6.03. The number of nitrogens with zero attached hydrogens (tertiary/aromatic N) is 4. The van der Waals surface area contributed by atoms with Crippen molar-refractivity contribution < 1.29 is 19.1 Å². The second kappa shape index (κ2) is 10.4. The number of hydrogen-bond acceptors (Lipinski definition) is 6. The fourth-order valence-electron chi connectivity index (χ4n) is 5.69. The Morgan fingerprint density at radius 3 is 2.39 bits per heavy atom. The molecule has 1 aromatic heterocycles. The minimum atomic E-state index is -0.810. The molecule has 0 bridgehead atoms. The average molecular weight is 515 g/mol. The zero-order valence-electron chi connectivity index (χ0n) is 22.4. The van der Waals surface area contributed by atoms with E-state index in [1.807, 2.05) is 68.4 Å². The van der Waals surface area contributed by atoms with E-state index in [1.165, 1.54) is 0 Å². The summed E-state index contributed by atoms with van der Waals surface area (Å²) in [4.78, 5) is 39.7. The number of amides is 2. The van der Waals surface area contributed by atoms with Crippen molar-refractivity contribution in [2.24, 2.45) is 0 Å². The molecule has 8 nitrogen and oxygen atoms in total. The highest BCUT2D eigenvalue weighted by Crippen LogP contribution is 2.52. The van der Waals surface area contributed by atoms with Crippen molar-refractivity contribution in [3.63, 3.8) is 0 Å². The smallest absolute Gasteiger partial charge is 0.317 e. The largest absolute Gasteiger partial charge is 0.497 e. The second-order valence-corrected chi connectivity index (χ2v) is 10.1. The van der Waals surface area contributed by atoms with Crippen molar-refractivity contribution in [1.29, 1.82) is 0 Å². The zero-order chi connectivity index (χ0) is 26.9. The van der Waals surface area contributed by atoms with E-state index in [-0.39, 0.29) is 24.4 Å². The molecule has 5 rings (SSSR count). The van der Waals surface area contributed by atoms with Crippen LogP contribution in [0.1, 0.15) is 55.1 Å². The first-order valence-electron chi connectivity index (χ1n) is 13.2. The minimum absolute atomic E-state index is 0.0106. The van der Waals surface area contributed by atoms with Crippen LogP contribution in [0, 0.1) is 13.8 Å². The maximum atomic E-state index is 13.7. The number of fused-ring (bicyclic) bond motifs is 3. The Hall–Kier alpha value is -3.94. The summed E-state index contributed by atoms with van der Waals surface area (Å²) in [7, 11) is 1.63. The van der Waals surface area contributed by atoms with Gasteiger partial charge in [0, 0.05) is 22.6 Å². The van der Waals surface area contributed by atoms with Gasteiger partial charge < -0.3 is 19.3 Å². The van der Waals surface area contributed by atoms with E-state index < -0.39 is 11.6 Å². The lowest BCUT2D eigenvalue weighted by atomic mass is 9.71. The van der Waals surface area contributed by atoms with E-state index in [0.29, 0.717) is 13.0 Å². The van der Waals surface area contributed by atoms with E-state index in [1.54, 1.807) is 16.9 Å². The molecular weight excluding hydrogens is 480 g/mol. The normalized spacial score (nSPS) is 20.4. The number of aryl methyl sites for hydroxylation is 2. The van der Waals surface area contributed by atoms with Crippen LogP contribution >= 0.6 is 0 Å². The van der Waals surface area contributed by atoms with Gasteiger partial charge in [-0.1, -0.05) is 56.5 Å². The number of para-hydroxylation sites is 1. The molecule has 0 aliphatic carbocycles. The maximum absolute atomic E-state index is 13.7. The van der Waals surface area contributed by atoms with Crippen molar-refractivity contribution in [3.8, 4) is 11.8 Å². The molecule has 2 aliphatic rings. The molecule has 3 heterocycles. The van der Waals surface area contributed by atoms with Crippen molar-refractivity contribution in [2.75, 3.05) is 18.6 Å². The Labute approximate surface area is 223 Å². The average Bonchev–Trinajstić information content (AvgIpc) is 3.00. The number of carbonyl (C=O) groups excluding carboxylic acids is 2. The summed E-state index contributed by atoms with van der Waals surface area (Å²) in [6, 6.07) is 17.7. The van der Waals surface area contributed by atoms with Crippen LogP contribution in [0.15, 0.2) is 54.6 Å². The molecule has 2 atom stereocenters. The van der Waals surface area contributed by atoms with Crippen LogP contribution in [0.4, 0.5) is 5.69 Å². The van der Waals surface area contributed by atoms with Gasteiger partial charge >= 0.3 is 6.01 Å². The van der Waals surface area contributed by atoms with E-state index in [2.05, 4.69) is 16.9 Å². The van der Waals surface area contributed by atoms with Crippen LogP contribution in [0.5, 0.6) is 11.8 Å². The van der Waals surface area contributed by atoms with Gasteiger partial charge in [0.25, 0.3) is 5.91 Å². The third-order valence-electron chi connectivity index (χ3n) is 7.51. The summed E-state index contributed by atoms with van der Waals surface area (Å²) in [5, 5.41) is 0. The molecule has 0 N–H and O–H groups in total. The summed E-state index contributed by atoms with van der Waals surface area (Å²) >= 11 is 0. The Morgan fingerprint density at radius 2 is 1.71 bits per heavy atom. The summed E-state index contributed by atoms with van der Waals surface area (Å²) in [6.45, 7) is 6.29. The lowest BCUT2D eigenvalue weighted by Gasteiger charge is -2.56. The molecule has 0 radical (unpaired) electrons. The number of aromatic nitrogens is 2. The van der Waals surface area contributed by atoms with Crippen molar-refractivity contribution in [3.05, 3.63) is 77.1 Å². The number of benzene rings is 2. The maximum Gasteiger partial charge on any atom is 0.317 e. The van der Waals surface area contributed by atoms with Crippen LogP contribution in [-0.2, 0) is 21.7 Å². The Kier molecular flexibility index (Phi) is 7.06. The molecule has 0 spiro atoms. The number of β-lactam (4-membered cyclic amide) rings is 1. The topological polar surface area (TPSA) is 84.9 Å². The van der Waals surface area contributed by atoms with Gasteiger partial charge in [-0.05, 0) is 50.1 Å². The predicted molar refractivity (Wildman–Crippen MR) is 144 cm³/mol. The third kappa shape index (κ3) is 4.48. The van der Waals surface area contributed by atoms with Crippen molar-refractivity contribution in [1.82, 2.24) is 14.9 Å². The molecule has 1 fully saturated rings. The standard InChI is InChI=1S/C30H34N4O4/c1-5-6-9-16-30-24-10-7-8-11-25(24)33(18-22-12-14-23(37-4)15-13-22)26(35)19-34(30)28(36)27(30)38-29-31-20(2)17-21(3)32-29/h7-8,10-15,17,27H,5-6,9,16,18-19H2,1-4H3. The molecule has 1 saturated heterocycles. The third-order valence-corrected chi connectivity index (χ3v) is 7.51. The molecule has 2 unspecified atom stereocenters. The number of carbonyl (C=O) groups is 2. The highest BCUT2D eigenvalue weighted by atomic mass is 16.5. The molecule has 2 aromatic carbocycles. The summed E-state index contributed by atoms with van der Waals surface area (Å²) in [6.07, 6.45) is 2.83. The number of methoxy groups -OCH3 is 1. The molecule has 2 amide bonds. The van der Waals surface area contributed by atoms with Gasteiger partial charge in [-0.2, -0.15) is 0 Å². The number of hydrogen-bond donors (Lipinski definition) is 0. The number of ether oxygens (including phenoxy) is 2. The van der Waals surface area contributed by atoms with Gasteiger partial charge in [0.2, 0.25) is 12.0 Å². The lowest BCUT2D eigenvalue weighted by Crippen LogP contribution is -2.74. The molecule has 198 valence electrons. The SMILES string of the molecule is CCCCCC12c3ccccc3N(Cc3ccc(OC)cc3)C(=O)CN1C(=O)C2Oc1nc(C)cc(C)n1. The quantitative estimate of drug-likeness (QED) is 0.304. The Morgan fingerprint density at radius 1 is 1.00 bits per heavy atom. The van der Waals surface area contributed by atoms with E-state index in [0.717, 1.165) is 53.2 Å². The Balaban J connectivity index is 1.58.